The highest BCUT2D eigenvalue weighted by Gasteiger charge is 2.52. The number of rotatable bonds is 8. The zero-order chi connectivity index (χ0) is 24.4. The van der Waals surface area contributed by atoms with Gasteiger partial charge in [0.15, 0.2) is 6.10 Å². The number of nitrogens with two attached hydrogens (primary N) is 1. The van der Waals surface area contributed by atoms with E-state index in [-0.39, 0.29) is 17.0 Å². The van der Waals surface area contributed by atoms with E-state index in [2.05, 4.69) is 15.5 Å². The van der Waals surface area contributed by atoms with Crippen LogP contribution in [-0.2, 0) is 20.9 Å². The first-order valence-electron chi connectivity index (χ1n) is 11.2. The molecule has 0 aliphatic carbocycles. The average Bonchev–Trinajstić information content (AvgIpc) is 3.38. The maximum Gasteiger partial charge on any atom is 0.356 e. The van der Waals surface area contributed by atoms with Crippen molar-refractivity contribution in [3.63, 3.8) is 0 Å². The molecule has 2 aliphatic rings. The number of esters is 1. The molecule has 2 aliphatic heterocycles. The molecule has 1 fully saturated rings. The topological polar surface area (TPSA) is 116 Å². The molecule has 3 heterocycles. The minimum atomic E-state index is -0.622. The van der Waals surface area contributed by atoms with Crippen LogP contribution >= 0.6 is 23.5 Å². The zero-order valence-corrected chi connectivity index (χ0v) is 20.6. The molecule has 1 amide bonds. The molecule has 2 N–H and O–H groups in total. The lowest BCUT2D eigenvalue weighted by Crippen LogP contribution is -2.68. The number of hydrogen-bond acceptors (Lipinski definition) is 9. The van der Waals surface area contributed by atoms with Gasteiger partial charge in [0.2, 0.25) is 11.1 Å². The zero-order valence-electron chi connectivity index (χ0n) is 19.0. The van der Waals surface area contributed by atoms with Crippen LogP contribution in [0.15, 0.2) is 77.1 Å². The highest BCUT2D eigenvalue weighted by atomic mass is 32.2. The largest absolute Gasteiger partial charge is 0.448 e. The summed E-state index contributed by atoms with van der Waals surface area (Å²) in [7, 11) is 0. The summed E-state index contributed by atoms with van der Waals surface area (Å²) >= 11 is 2.98. The number of carbonyl (C=O) groups excluding carboxylic acids is 2. The number of hydrogen-bond donors (Lipinski definition) is 1. The van der Waals surface area contributed by atoms with Gasteiger partial charge in [-0.25, -0.2) is 9.48 Å². The predicted octanol–water partition coefficient (Wildman–Crippen LogP) is 2.61. The third kappa shape index (κ3) is 4.58. The molecule has 35 heavy (non-hydrogen) atoms. The van der Waals surface area contributed by atoms with Gasteiger partial charge >= 0.3 is 5.97 Å². The van der Waals surface area contributed by atoms with E-state index in [1.165, 1.54) is 16.7 Å². The standard InChI is InChI=1S/C24H24N6O3S2/c1-2-29-24(26-27-28-29)35-14-17-13-34-22-18(25)21(31)30(22)19(17)23(32)33-20(15-9-5-3-6-10-15)16-11-7-4-8-12-16/h3-12,18,20,22H,2,13-14,25H2,1H3/t18-,22-/m1/s1. The summed E-state index contributed by atoms with van der Waals surface area (Å²) in [6.07, 6.45) is -0.614. The lowest BCUT2D eigenvalue weighted by atomic mass is 10.0. The van der Waals surface area contributed by atoms with Crippen molar-refractivity contribution in [1.29, 1.82) is 0 Å². The molecule has 180 valence electrons. The van der Waals surface area contributed by atoms with Gasteiger partial charge in [-0.15, -0.1) is 16.9 Å². The molecule has 11 heteroatoms. The van der Waals surface area contributed by atoms with Gasteiger partial charge < -0.3 is 10.5 Å². The lowest BCUT2D eigenvalue weighted by molar-refractivity contribution is -0.153. The number of benzene rings is 2. The molecule has 0 unspecified atom stereocenters. The van der Waals surface area contributed by atoms with Crippen LogP contribution in [0.2, 0.25) is 0 Å². The molecule has 2 atom stereocenters. The van der Waals surface area contributed by atoms with Crippen molar-refractivity contribution in [3.8, 4) is 0 Å². The van der Waals surface area contributed by atoms with Crippen LogP contribution < -0.4 is 5.73 Å². The Balaban J connectivity index is 1.47. The minimum Gasteiger partial charge on any atom is -0.448 e. The normalized spacial score (nSPS) is 19.5. The lowest BCUT2D eigenvalue weighted by Gasteiger charge is -2.48. The number of tetrazole rings is 1. The van der Waals surface area contributed by atoms with Crippen molar-refractivity contribution < 1.29 is 14.3 Å². The maximum absolute atomic E-state index is 13.7. The highest BCUT2D eigenvalue weighted by Crippen LogP contribution is 2.42. The molecule has 3 aromatic rings. The van der Waals surface area contributed by atoms with Gasteiger partial charge in [0, 0.05) is 18.1 Å². The van der Waals surface area contributed by atoms with Crippen molar-refractivity contribution in [1.82, 2.24) is 25.1 Å². The van der Waals surface area contributed by atoms with Gasteiger partial charge in [-0.2, -0.15) is 0 Å². The molecule has 1 saturated heterocycles. The fourth-order valence-electron chi connectivity index (χ4n) is 4.08. The Morgan fingerprint density at radius 2 is 1.83 bits per heavy atom. The summed E-state index contributed by atoms with van der Waals surface area (Å²) in [6.45, 7) is 2.59. The summed E-state index contributed by atoms with van der Waals surface area (Å²) in [4.78, 5) is 27.9. The molecule has 5 rings (SSSR count). The second-order valence-electron chi connectivity index (χ2n) is 8.06. The Hall–Kier alpha value is -3.15. The highest BCUT2D eigenvalue weighted by molar-refractivity contribution is 8.01. The summed E-state index contributed by atoms with van der Waals surface area (Å²) < 4.78 is 7.80. The number of aromatic nitrogens is 4. The number of β-lactam (4-membered cyclic amide) rings is 1. The Morgan fingerprint density at radius 1 is 1.17 bits per heavy atom. The van der Waals surface area contributed by atoms with Gasteiger partial charge in [-0.1, -0.05) is 72.4 Å². The van der Waals surface area contributed by atoms with Crippen molar-refractivity contribution in [2.24, 2.45) is 5.73 Å². The Labute approximate surface area is 211 Å². The Kier molecular flexibility index (Phi) is 6.89. The molecular formula is C24H24N6O3S2. The molecule has 1 aromatic heterocycles. The summed E-state index contributed by atoms with van der Waals surface area (Å²) in [5, 5.41) is 12.1. The van der Waals surface area contributed by atoms with Crippen LogP contribution in [-0.4, -0.2) is 59.9 Å². The smallest absolute Gasteiger partial charge is 0.356 e. The monoisotopic (exact) mass is 508 g/mol. The minimum absolute atomic E-state index is 0.272. The molecule has 0 bridgehead atoms. The first-order chi connectivity index (χ1) is 17.1. The third-order valence-corrected chi connectivity index (χ3v) is 8.29. The first-order valence-corrected chi connectivity index (χ1v) is 13.2. The summed E-state index contributed by atoms with van der Waals surface area (Å²) in [5.74, 6) is 0.199. The fraction of sp³-hybridized carbons (Fsp3) is 0.292. The third-order valence-electron chi connectivity index (χ3n) is 5.89. The van der Waals surface area contributed by atoms with Crippen molar-refractivity contribution in [2.75, 3.05) is 11.5 Å². The quantitative estimate of drug-likeness (QED) is 0.278. The summed E-state index contributed by atoms with van der Waals surface area (Å²) in [6, 6.07) is 18.5. The van der Waals surface area contributed by atoms with Crippen LogP contribution in [0.1, 0.15) is 24.2 Å². The van der Waals surface area contributed by atoms with E-state index in [4.69, 9.17) is 10.5 Å². The molecule has 0 saturated carbocycles. The van der Waals surface area contributed by atoms with Crippen LogP contribution in [0.3, 0.4) is 0 Å². The van der Waals surface area contributed by atoms with Gasteiger partial charge in [0.25, 0.3) is 0 Å². The second kappa shape index (κ2) is 10.2. The first kappa shape index (κ1) is 23.6. The number of thioether (sulfide) groups is 2. The van der Waals surface area contributed by atoms with Gasteiger partial charge in [-0.05, 0) is 34.1 Å². The second-order valence-corrected chi connectivity index (χ2v) is 10.1. The SMILES string of the molecule is CCn1nnnc1SCC1=C(C(=O)OC(c2ccccc2)c2ccccc2)N2C(=O)[C@@H](N)[C@H]2SC1. The van der Waals surface area contributed by atoms with Crippen molar-refractivity contribution >= 4 is 35.4 Å². The number of fused-ring (bicyclic) bond motifs is 1. The number of aryl methyl sites for hydroxylation is 1. The fourth-order valence-corrected chi connectivity index (χ4v) is 6.45. The number of amides is 1. The number of ether oxygens (including phenoxy) is 1. The van der Waals surface area contributed by atoms with Gasteiger partial charge in [0.05, 0.1) is 0 Å². The molecule has 0 radical (unpaired) electrons. The van der Waals surface area contributed by atoms with E-state index in [1.54, 1.807) is 16.4 Å². The van der Waals surface area contributed by atoms with Gasteiger partial charge in [0.1, 0.15) is 17.1 Å². The Bertz CT molecular complexity index is 1210. The summed E-state index contributed by atoms with van der Waals surface area (Å²) in [5.41, 5.74) is 8.80. The van der Waals surface area contributed by atoms with E-state index in [9.17, 15) is 9.59 Å². The number of nitrogens with zero attached hydrogens (tertiary/aromatic N) is 5. The van der Waals surface area contributed by atoms with E-state index < -0.39 is 18.1 Å². The van der Waals surface area contributed by atoms with Crippen LogP contribution in [0.4, 0.5) is 0 Å². The van der Waals surface area contributed by atoms with E-state index in [0.29, 0.717) is 23.2 Å². The van der Waals surface area contributed by atoms with Crippen molar-refractivity contribution in [3.05, 3.63) is 83.1 Å². The van der Waals surface area contributed by atoms with E-state index in [0.717, 1.165) is 16.7 Å². The van der Waals surface area contributed by atoms with Crippen molar-refractivity contribution in [2.45, 2.75) is 36.1 Å². The maximum atomic E-state index is 13.7. The molecule has 0 spiro atoms. The molecule has 2 aromatic carbocycles. The number of carbonyl (C=O) groups is 2. The van der Waals surface area contributed by atoms with Crippen LogP contribution in [0.5, 0.6) is 0 Å². The van der Waals surface area contributed by atoms with Crippen LogP contribution in [0, 0.1) is 0 Å². The van der Waals surface area contributed by atoms with Crippen LogP contribution in [0.25, 0.3) is 0 Å². The van der Waals surface area contributed by atoms with E-state index in [1.807, 2.05) is 67.6 Å². The Morgan fingerprint density at radius 3 is 2.46 bits per heavy atom. The molecular weight excluding hydrogens is 484 g/mol. The van der Waals surface area contributed by atoms with E-state index >= 15 is 0 Å². The molecule has 9 nitrogen and oxygen atoms in total. The average molecular weight is 509 g/mol. The van der Waals surface area contributed by atoms with Gasteiger partial charge in [-0.3, -0.25) is 9.69 Å². The predicted molar refractivity (Wildman–Crippen MR) is 133 cm³/mol.